The number of benzene rings is 2. The summed E-state index contributed by atoms with van der Waals surface area (Å²) in [6.07, 6.45) is 0.825. The molecule has 4 aromatic rings. The van der Waals surface area contributed by atoms with Crippen molar-refractivity contribution in [3.63, 3.8) is 0 Å². The number of carbonyl (C=O) groups is 1. The van der Waals surface area contributed by atoms with E-state index in [0.29, 0.717) is 52.3 Å². The zero-order valence-corrected chi connectivity index (χ0v) is 20.9. The first-order chi connectivity index (χ1) is 18.7. The number of fused-ring (bicyclic) bond motifs is 1. The lowest BCUT2D eigenvalue weighted by molar-refractivity contribution is -0.145. The van der Waals surface area contributed by atoms with Gasteiger partial charge in [0, 0.05) is 36.4 Å². The lowest BCUT2D eigenvalue weighted by atomic mass is 10.0. The number of amides is 1. The van der Waals surface area contributed by atoms with E-state index in [0.717, 1.165) is 25.2 Å². The summed E-state index contributed by atoms with van der Waals surface area (Å²) in [6.45, 7) is 2.95. The van der Waals surface area contributed by atoms with Crippen LogP contribution in [0.15, 0.2) is 55.1 Å². The molecule has 0 radical (unpaired) electrons. The van der Waals surface area contributed by atoms with E-state index in [1.54, 1.807) is 36.1 Å². The van der Waals surface area contributed by atoms with Crippen molar-refractivity contribution in [1.82, 2.24) is 24.8 Å². The van der Waals surface area contributed by atoms with Crippen LogP contribution in [0.4, 0.5) is 23.4 Å². The fraction of sp³-hybridized carbons (Fsp3) is 0.296. The lowest BCUT2D eigenvalue weighted by Gasteiger charge is -2.19. The maximum atomic E-state index is 13.6. The van der Waals surface area contributed by atoms with Crippen LogP contribution in [0, 0.1) is 5.82 Å². The van der Waals surface area contributed by atoms with E-state index in [9.17, 15) is 22.4 Å². The molecule has 1 unspecified atom stereocenters. The van der Waals surface area contributed by atoms with E-state index in [-0.39, 0.29) is 18.3 Å². The number of nitrogens with zero attached hydrogens (tertiary/aromatic N) is 5. The van der Waals surface area contributed by atoms with Gasteiger partial charge in [0.15, 0.2) is 6.61 Å². The van der Waals surface area contributed by atoms with Crippen molar-refractivity contribution >= 4 is 22.6 Å². The lowest BCUT2D eigenvalue weighted by Crippen LogP contribution is -2.32. The summed E-state index contributed by atoms with van der Waals surface area (Å²) in [4.78, 5) is 30.0. The van der Waals surface area contributed by atoms with Crippen molar-refractivity contribution in [3.05, 3.63) is 72.3 Å². The molecule has 1 fully saturated rings. The highest BCUT2D eigenvalue weighted by atomic mass is 19.4. The third-order valence-corrected chi connectivity index (χ3v) is 6.47. The summed E-state index contributed by atoms with van der Waals surface area (Å²) in [6, 6.07) is 8.94. The van der Waals surface area contributed by atoms with Crippen LogP contribution in [-0.4, -0.2) is 50.4 Å². The Morgan fingerprint density at radius 2 is 1.72 bits per heavy atom. The van der Waals surface area contributed by atoms with Gasteiger partial charge in [-0.15, -0.1) is 0 Å². The fourth-order valence-electron chi connectivity index (χ4n) is 4.36. The minimum atomic E-state index is -4.64. The summed E-state index contributed by atoms with van der Waals surface area (Å²) >= 11 is 0. The van der Waals surface area contributed by atoms with Gasteiger partial charge >= 0.3 is 6.18 Å². The molecule has 39 heavy (non-hydrogen) atoms. The van der Waals surface area contributed by atoms with Crippen molar-refractivity contribution in [2.24, 2.45) is 0 Å². The predicted molar refractivity (Wildman–Crippen MR) is 135 cm³/mol. The first kappa shape index (κ1) is 26.3. The Morgan fingerprint density at radius 1 is 1.03 bits per heavy atom. The maximum Gasteiger partial charge on any atom is 0.451 e. The van der Waals surface area contributed by atoms with Crippen molar-refractivity contribution in [3.8, 4) is 16.9 Å². The molecule has 12 heteroatoms. The molecule has 0 aliphatic carbocycles. The van der Waals surface area contributed by atoms with Crippen LogP contribution in [0.3, 0.4) is 0 Å². The van der Waals surface area contributed by atoms with Gasteiger partial charge in [0.1, 0.15) is 29.2 Å². The first-order valence-corrected chi connectivity index (χ1v) is 12.3. The summed E-state index contributed by atoms with van der Waals surface area (Å²) < 4.78 is 58.1. The summed E-state index contributed by atoms with van der Waals surface area (Å²) in [5.41, 5.74) is 2.23. The molecule has 202 valence electrons. The molecule has 1 saturated heterocycles. The smallest absolute Gasteiger partial charge is 0.451 e. The number of likely N-dealkylation sites (tertiary alicyclic amines) is 1. The number of hydrogen-bond acceptors (Lipinski definition) is 7. The Kier molecular flexibility index (Phi) is 7.27. The van der Waals surface area contributed by atoms with E-state index in [1.807, 2.05) is 0 Å². The van der Waals surface area contributed by atoms with Crippen LogP contribution in [0.25, 0.3) is 22.0 Å². The molecular weight excluding hydrogens is 516 g/mol. The van der Waals surface area contributed by atoms with E-state index in [4.69, 9.17) is 4.74 Å². The van der Waals surface area contributed by atoms with Crippen LogP contribution in [0.1, 0.15) is 37.2 Å². The number of anilines is 1. The second-order valence-corrected chi connectivity index (χ2v) is 9.18. The standard InChI is InChI=1S/C27H24F4N6O2/c1-16(19-12-32-26(33-13-19)27(29,30)31)36-25-21-10-18(17-4-6-20(28)7-5-17)11-22(24(21)34-15-35-25)39-14-23(38)37-8-2-3-9-37/h4-7,10-13,15-16H,2-3,8-9,14H2,1H3,(H,34,35,36). The number of ether oxygens (including phenoxy) is 1. The van der Waals surface area contributed by atoms with Gasteiger partial charge in [0.25, 0.3) is 5.91 Å². The minimum Gasteiger partial charge on any atom is -0.481 e. The van der Waals surface area contributed by atoms with Gasteiger partial charge < -0.3 is 15.0 Å². The number of alkyl halides is 3. The Balaban J connectivity index is 1.49. The normalized spacial score (nSPS) is 14.4. The molecule has 0 spiro atoms. The van der Waals surface area contributed by atoms with Gasteiger partial charge in [-0.05, 0) is 55.2 Å². The summed E-state index contributed by atoms with van der Waals surface area (Å²) in [5.74, 6) is -1.01. The third-order valence-electron chi connectivity index (χ3n) is 6.47. The Labute approximate surface area is 221 Å². The molecule has 1 aliphatic rings. The summed E-state index contributed by atoms with van der Waals surface area (Å²) in [7, 11) is 0. The zero-order chi connectivity index (χ0) is 27.6. The quantitative estimate of drug-likeness (QED) is 0.313. The fourth-order valence-corrected chi connectivity index (χ4v) is 4.36. The van der Waals surface area contributed by atoms with Gasteiger partial charge in [-0.2, -0.15) is 13.2 Å². The van der Waals surface area contributed by atoms with Crippen LogP contribution in [0.5, 0.6) is 5.75 Å². The average Bonchev–Trinajstić information content (AvgIpc) is 3.47. The van der Waals surface area contributed by atoms with Gasteiger partial charge in [-0.3, -0.25) is 4.79 Å². The second kappa shape index (κ2) is 10.8. The highest BCUT2D eigenvalue weighted by molar-refractivity contribution is 5.97. The zero-order valence-electron chi connectivity index (χ0n) is 20.9. The number of rotatable bonds is 7. The van der Waals surface area contributed by atoms with Crippen molar-refractivity contribution in [2.75, 3.05) is 25.0 Å². The molecule has 1 aliphatic heterocycles. The number of nitrogens with one attached hydrogen (secondary N) is 1. The maximum absolute atomic E-state index is 13.6. The SMILES string of the molecule is CC(Nc1ncnc2c(OCC(=O)N3CCCC3)cc(-c3ccc(F)cc3)cc12)c1cnc(C(F)(F)F)nc1. The molecule has 2 aromatic carbocycles. The molecule has 1 amide bonds. The van der Waals surface area contributed by atoms with Crippen LogP contribution < -0.4 is 10.1 Å². The van der Waals surface area contributed by atoms with Crippen LogP contribution in [0.2, 0.25) is 0 Å². The minimum absolute atomic E-state index is 0.129. The number of carbonyl (C=O) groups excluding carboxylic acids is 1. The molecule has 1 atom stereocenters. The van der Waals surface area contributed by atoms with E-state index >= 15 is 0 Å². The largest absolute Gasteiger partial charge is 0.481 e. The first-order valence-electron chi connectivity index (χ1n) is 12.3. The van der Waals surface area contributed by atoms with Crippen molar-refractivity contribution in [1.29, 1.82) is 0 Å². The molecule has 2 aromatic heterocycles. The highest BCUT2D eigenvalue weighted by Crippen LogP contribution is 2.35. The van der Waals surface area contributed by atoms with E-state index in [2.05, 4.69) is 25.3 Å². The van der Waals surface area contributed by atoms with Crippen LogP contribution in [-0.2, 0) is 11.0 Å². The van der Waals surface area contributed by atoms with Crippen LogP contribution >= 0.6 is 0 Å². The molecule has 5 rings (SSSR count). The topological polar surface area (TPSA) is 93.1 Å². The van der Waals surface area contributed by atoms with Gasteiger partial charge in [0.2, 0.25) is 5.82 Å². The molecule has 1 N–H and O–H groups in total. The van der Waals surface area contributed by atoms with Crippen molar-refractivity contribution < 1.29 is 27.1 Å². The number of aromatic nitrogens is 4. The molecule has 8 nitrogen and oxygen atoms in total. The Hall–Kier alpha value is -4.35. The van der Waals surface area contributed by atoms with Gasteiger partial charge in [-0.25, -0.2) is 24.3 Å². The van der Waals surface area contributed by atoms with E-state index < -0.39 is 18.0 Å². The molecule has 0 saturated carbocycles. The monoisotopic (exact) mass is 540 g/mol. The number of halogens is 4. The molecule has 0 bridgehead atoms. The Morgan fingerprint density at radius 3 is 2.38 bits per heavy atom. The predicted octanol–water partition coefficient (Wildman–Crippen LogP) is 5.42. The van der Waals surface area contributed by atoms with E-state index in [1.165, 1.54) is 18.5 Å². The average molecular weight is 541 g/mol. The third kappa shape index (κ3) is 5.89. The summed E-state index contributed by atoms with van der Waals surface area (Å²) in [5, 5.41) is 3.73. The molecule has 3 heterocycles. The van der Waals surface area contributed by atoms with Crippen molar-refractivity contribution in [2.45, 2.75) is 32.0 Å². The molecular formula is C27H24F4N6O2. The van der Waals surface area contributed by atoms with Gasteiger partial charge in [-0.1, -0.05) is 12.1 Å². The van der Waals surface area contributed by atoms with Gasteiger partial charge in [0.05, 0.1) is 6.04 Å². The number of hydrogen-bond donors (Lipinski definition) is 1. The second-order valence-electron chi connectivity index (χ2n) is 9.18. The highest BCUT2D eigenvalue weighted by Gasteiger charge is 2.34. The Bertz CT molecular complexity index is 1470.